The molecule has 5 rings (SSSR count). The fourth-order valence-electron chi connectivity index (χ4n) is 4.97. The predicted octanol–water partition coefficient (Wildman–Crippen LogP) is 4.53. The summed E-state index contributed by atoms with van der Waals surface area (Å²) in [5.41, 5.74) is 1.14. The number of ether oxygens (including phenoxy) is 1. The summed E-state index contributed by atoms with van der Waals surface area (Å²) >= 11 is 0. The van der Waals surface area contributed by atoms with Gasteiger partial charge in [-0.3, -0.25) is 0 Å². The molecular weight excluding hydrogens is 232 g/mol. The van der Waals surface area contributed by atoms with E-state index in [1.807, 2.05) is 6.08 Å². The van der Waals surface area contributed by atoms with Crippen molar-refractivity contribution in [2.24, 2.45) is 23.7 Å². The number of para-hydroxylation sites is 1. The van der Waals surface area contributed by atoms with Crippen molar-refractivity contribution in [3.63, 3.8) is 0 Å². The van der Waals surface area contributed by atoms with Crippen LogP contribution in [0.3, 0.4) is 0 Å². The molecule has 1 heteroatoms. The van der Waals surface area contributed by atoms with E-state index in [-0.39, 0.29) is 0 Å². The second-order valence-electron chi connectivity index (χ2n) is 6.76. The molecule has 4 saturated carbocycles. The van der Waals surface area contributed by atoms with E-state index in [1.54, 1.807) is 0 Å². The van der Waals surface area contributed by atoms with E-state index in [2.05, 4.69) is 30.8 Å². The number of rotatable bonds is 3. The first-order valence-corrected chi connectivity index (χ1v) is 7.71. The van der Waals surface area contributed by atoms with Crippen molar-refractivity contribution >= 4 is 6.08 Å². The summed E-state index contributed by atoms with van der Waals surface area (Å²) in [6, 6.07) is 8.32. The third-order valence-corrected chi connectivity index (χ3v) is 5.54. The minimum atomic E-state index is 0.467. The van der Waals surface area contributed by atoms with Crippen molar-refractivity contribution in [1.82, 2.24) is 0 Å². The zero-order chi connectivity index (χ0) is 12.8. The van der Waals surface area contributed by atoms with Crippen LogP contribution < -0.4 is 4.74 Å². The fraction of sp³-hybridized carbons (Fsp3) is 0.556. The van der Waals surface area contributed by atoms with E-state index in [0.29, 0.717) is 6.10 Å². The highest BCUT2D eigenvalue weighted by Gasteiger charge is 2.49. The first-order chi connectivity index (χ1) is 9.33. The van der Waals surface area contributed by atoms with Crippen molar-refractivity contribution in [3.8, 4) is 5.75 Å². The van der Waals surface area contributed by atoms with Crippen molar-refractivity contribution in [3.05, 3.63) is 36.4 Å². The average Bonchev–Trinajstić information content (AvgIpc) is 2.42. The first kappa shape index (κ1) is 11.6. The Morgan fingerprint density at radius 2 is 1.58 bits per heavy atom. The molecule has 0 amide bonds. The van der Waals surface area contributed by atoms with Crippen LogP contribution in [-0.2, 0) is 0 Å². The molecule has 1 aromatic rings. The van der Waals surface area contributed by atoms with Gasteiger partial charge in [-0.05, 0) is 61.8 Å². The summed E-state index contributed by atoms with van der Waals surface area (Å²) in [6.07, 6.45) is 9.52. The Hall–Kier alpha value is -1.24. The molecule has 0 saturated heterocycles. The lowest BCUT2D eigenvalue weighted by Gasteiger charge is -2.53. The molecule has 0 unspecified atom stereocenters. The molecule has 4 aliphatic carbocycles. The quantitative estimate of drug-likeness (QED) is 0.770. The summed E-state index contributed by atoms with van der Waals surface area (Å²) < 4.78 is 6.44. The topological polar surface area (TPSA) is 9.23 Å². The summed E-state index contributed by atoms with van der Waals surface area (Å²) in [5, 5.41) is 0. The van der Waals surface area contributed by atoms with Crippen molar-refractivity contribution in [2.75, 3.05) is 0 Å². The molecule has 19 heavy (non-hydrogen) atoms. The maximum absolute atomic E-state index is 6.44. The molecular formula is C18H22O. The van der Waals surface area contributed by atoms with Crippen LogP contribution in [0.25, 0.3) is 6.08 Å². The van der Waals surface area contributed by atoms with Gasteiger partial charge in [0, 0.05) is 5.56 Å². The van der Waals surface area contributed by atoms with Crippen LogP contribution in [0.15, 0.2) is 30.8 Å². The lowest BCUT2D eigenvalue weighted by molar-refractivity contribution is -0.0790. The Morgan fingerprint density at radius 1 is 0.947 bits per heavy atom. The smallest absolute Gasteiger partial charge is 0.126 e. The van der Waals surface area contributed by atoms with Gasteiger partial charge in [-0.2, -0.15) is 0 Å². The van der Waals surface area contributed by atoms with Crippen molar-refractivity contribution in [2.45, 2.75) is 38.2 Å². The first-order valence-electron chi connectivity index (χ1n) is 7.71. The molecule has 100 valence electrons. The third kappa shape index (κ3) is 1.91. The SMILES string of the molecule is C=Cc1ccccc1OC1C2CC3CC(C2)CC1C3. The number of benzene rings is 1. The van der Waals surface area contributed by atoms with Gasteiger partial charge < -0.3 is 4.74 Å². The van der Waals surface area contributed by atoms with E-state index in [9.17, 15) is 0 Å². The molecule has 0 aliphatic heterocycles. The Morgan fingerprint density at radius 3 is 2.21 bits per heavy atom. The minimum absolute atomic E-state index is 0.467. The normalized spacial score (nSPS) is 39.3. The van der Waals surface area contributed by atoms with Gasteiger partial charge in [0.05, 0.1) is 0 Å². The largest absolute Gasteiger partial charge is 0.489 e. The van der Waals surface area contributed by atoms with Gasteiger partial charge in [-0.15, -0.1) is 0 Å². The average molecular weight is 254 g/mol. The third-order valence-electron chi connectivity index (χ3n) is 5.54. The fourth-order valence-corrected chi connectivity index (χ4v) is 4.97. The maximum atomic E-state index is 6.44. The number of hydrogen-bond acceptors (Lipinski definition) is 1. The molecule has 4 aliphatic rings. The molecule has 0 aromatic heterocycles. The van der Waals surface area contributed by atoms with E-state index in [0.717, 1.165) is 35.0 Å². The van der Waals surface area contributed by atoms with Gasteiger partial charge in [-0.25, -0.2) is 0 Å². The minimum Gasteiger partial charge on any atom is -0.489 e. The van der Waals surface area contributed by atoms with Gasteiger partial charge in [0.15, 0.2) is 0 Å². The summed E-state index contributed by atoms with van der Waals surface area (Å²) in [7, 11) is 0. The van der Waals surface area contributed by atoms with Gasteiger partial charge >= 0.3 is 0 Å². The van der Waals surface area contributed by atoms with Crippen LogP contribution in [-0.4, -0.2) is 6.10 Å². The highest BCUT2D eigenvalue weighted by atomic mass is 16.5. The maximum Gasteiger partial charge on any atom is 0.126 e. The zero-order valence-electron chi connectivity index (χ0n) is 11.4. The Kier molecular flexibility index (Phi) is 2.68. The van der Waals surface area contributed by atoms with Crippen molar-refractivity contribution in [1.29, 1.82) is 0 Å². The molecule has 0 heterocycles. The summed E-state index contributed by atoms with van der Waals surface area (Å²) in [6.45, 7) is 3.90. The lowest BCUT2D eigenvalue weighted by Crippen LogP contribution is -2.50. The standard InChI is InChI=1S/C18H22O/c1-2-14-5-3-4-6-17(14)19-18-15-8-12-7-13(10-15)11-16(18)9-12/h2-6,12-13,15-16,18H,1,7-11H2. The molecule has 0 radical (unpaired) electrons. The van der Waals surface area contributed by atoms with E-state index < -0.39 is 0 Å². The van der Waals surface area contributed by atoms with E-state index in [1.165, 1.54) is 32.1 Å². The molecule has 4 bridgehead atoms. The molecule has 1 aromatic carbocycles. The van der Waals surface area contributed by atoms with E-state index >= 15 is 0 Å². The van der Waals surface area contributed by atoms with Crippen LogP contribution in [0.4, 0.5) is 0 Å². The molecule has 0 N–H and O–H groups in total. The second-order valence-corrected chi connectivity index (χ2v) is 6.76. The van der Waals surface area contributed by atoms with Crippen LogP contribution in [0.5, 0.6) is 5.75 Å². The Balaban J connectivity index is 1.58. The molecule has 4 fully saturated rings. The highest BCUT2D eigenvalue weighted by Crippen LogP contribution is 2.54. The summed E-state index contributed by atoms with van der Waals surface area (Å²) in [4.78, 5) is 0. The number of hydrogen-bond donors (Lipinski definition) is 0. The van der Waals surface area contributed by atoms with Crippen LogP contribution in [0.1, 0.15) is 37.7 Å². The van der Waals surface area contributed by atoms with Crippen LogP contribution >= 0.6 is 0 Å². The van der Waals surface area contributed by atoms with Crippen LogP contribution in [0, 0.1) is 23.7 Å². The second kappa shape index (κ2) is 4.40. The molecule has 0 spiro atoms. The molecule has 0 atom stereocenters. The lowest BCUT2D eigenvalue weighted by atomic mass is 9.55. The van der Waals surface area contributed by atoms with Gasteiger partial charge in [0.2, 0.25) is 0 Å². The van der Waals surface area contributed by atoms with Crippen LogP contribution in [0.2, 0.25) is 0 Å². The Bertz CT molecular complexity index is 462. The zero-order valence-corrected chi connectivity index (χ0v) is 11.4. The monoisotopic (exact) mass is 254 g/mol. The van der Waals surface area contributed by atoms with E-state index in [4.69, 9.17) is 4.74 Å². The van der Waals surface area contributed by atoms with Crippen molar-refractivity contribution < 1.29 is 4.74 Å². The predicted molar refractivity (Wildman–Crippen MR) is 78.0 cm³/mol. The Labute approximate surface area is 115 Å². The van der Waals surface area contributed by atoms with Gasteiger partial charge in [0.25, 0.3) is 0 Å². The highest BCUT2D eigenvalue weighted by molar-refractivity contribution is 5.55. The van der Waals surface area contributed by atoms with Gasteiger partial charge in [0.1, 0.15) is 11.9 Å². The summed E-state index contributed by atoms with van der Waals surface area (Å²) in [5.74, 6) is 4.69. The molecule has 1 nitrogen and oxygen atoms in total. The van der Waals surface area contributed by atoms with Gasteiger partial charge in [-0.1, -0.05) is 30.9 Å².